The molecule has 0 spiro atoms. The maximum atomic E-state index is 5.82. The lowest BCUT2D eigenvalue weighted by Gasteiger charge is -2.39. The predicted octanol–water partition coefficient (Wildman–Crippen LogP) is 1.58. The lowest BCUT2D eigenvalue weighted by Crippen LogP contribution is -2.61. The molecule has 0 saturated carbocycles. The summed E-state index contributed by atoms with van der Waals surface area (Å²) in [6.07, 6.45) is 3.47. The van der Waals surface area contributed by atoms with Crippen LogP contribution in [0.25, 0.3) is 0 Å². The molecule has 13 heavy (non-hydrogen) atoms. The Balaban J connectivity index is 2.13. The maximum absolute atomic E-state index is 5.82. The topological polar surface area (TPSA) is 34.1 Å². The fourth-order valence-electron chi connectivity index (χ4n) is 1.26. The fraction of sp³-hybridized carbons (Fsp3) is 0.444. The van der Waals surface area contributed by atoms with E-state index in [0.29, 0.717) is 0 Å². The summed E-state index contributed by atoms with van der Waals surface area (Å²) >= 11 is 3.39. The molecule has 2 rings (SSSR count). The van der Waals surface area contributed by atoms with E-state index in [1.807, 2.05) is 6.07 Å². The third-order valence-corrected chi connectivity index (χ3v) is 2.69. The smallest absolute Gasteiger partial charge is 0.137 e. The van der Waals surface area contributed by atoms with Gasteiger partial charge in [-0.2, -0.15) is 0 Å². The molecule has 0 unspecified atom stereocenters. The van der Waals surface area contributed by atoms with Crippen LogP contribution in [0.15, 0.2) is 22.9 Å². The van der Waals surface area contributed by atoms with Crippen molar-refractivity contribution in [3.63, 3.8) is 0 Å². The van der Waals surface area contributed by atoms with E-state index < -0.39 is 0 Å². The van der Waals surface area contributed by atoms with Crippen LogP contribution in [-0.4, -0.2) is 23.7 Å². The minimum Gasteiger partial charge on any atom is -0.484 e. The van der Waals surface area contributed by atoms with E-state index in [-0.39, 0.29) is 5.60 Å². The van der Waals surface area contributed by atoms with Gasteiger partial charge in [-0.25, -0.2) is 0 Å². The van der Waals surface area contributed by atoms with Gasteiger partial charge < -0.3 is 10.1 Å². The largest absolute Gasteiger partial charge is 0.484 e. The second-order valence-corrected chi connectivity index (χ2v) is 4.32. The molecule has 0 atom stereocenters. The Kier molecular flexibility index (Phi) is 2.26. The summed E-state index contributed by atoms with van der Waals surface area (Å²) in [6, 6.07) is 1.87. The SMILES string of the molecule is CC1(Oc2ccncc2Br)CNC1. The van der Waals surface area contributed by atoms with Crippen LogP contribution in [0.2, 0.25) is 0 Å². The van der Waals surface area contributed by atoms with E-state index in [4.69, 9.17) is 4.74 Å². The second-order valence-electron chi connectivity index (χ2n) is 3.46. The van der Waals surface area contributed by atoms with Crippen molar-refractivity contribution in [2.45, 2.75) is 12.5 Å². The molecule has 0 amide bonds. The van der Waals surface area contributed by atoms with Crippen molar-refractivity contribution >= 4 is 15.9 Å². The summed E-state index contributed by atoms with van der Waals surface area (Å²) in [5, 5.41) is 3.19. The summed E-state index contributed by atoms with van der Waals surface area (Å²) < 4.78 is 6.72. The van der Waals surface area contributed by atoms with Crippen LogP contribution in [0.5, 0.6) is 5.75 Å². The molecule has 0 aliphatic carbocycles. The summed E-state index contributed by atoms with van der Waals surface area (Å²) in [5.41, 5.74) is -0.0517. The molecule has 3 nitrogen and oxygen atoms in total. The molecular weight excluding hydrogens is 232 g/mol. The zero-order valence-electron chi connectivity index (χ0n) is 7.38. The first-order chi connectivity index (χ1) is 6.20. The molecule has 2 heterocycles. The van der Waals surface area contributed by atoms with Crippen molar-refractivity contribution in [2.24, 2.45) is 0 Å². The Morgan fingerprint density at radius 2 is 2.38 bits per heavy atom. The number of pyridine rings is 1. The van der Waals surface area contributed by atoms with Crippen molar-refractivity contribution in [3.8, 4) is 5.75 Å². The standard InChI is InChI=1S/C9H11BrN2O/c1-9(5-12-6-9)13-8-2-3-11-4-7(8)10/h2-4,12H,5-6H2,1H3. The maximum Gasteiger partial charge on any atom is 0.137 e. The quantitative estimate of drug-likeness (QED) is 0.856. The van der Waals surface area contributed by atoms with E-state index in [2.05, 4.69) is 33.2 Å². The van der Waals surface area contributed by atoms with Gasteiger partial charge in [-0.1, -0.05) is 0 Å². The Morgan fingerprint density at radius 3 is 2.92 bits per heavy atom. The Hall–Kier alpha value is -0.610. The van der Waals surface area contributed by atoms with Crippen molar-refractivity contribution in [2.75, 3.05) is 13.1 Å². The molecule has 1 fully saturated rings. The first-order valence-electron chi connectivity index (χ1n) is 4.19. The molecular formula is C9H11BrN2O. The molecule has 1 aromatic heterocycles. The summed E-state index contributed by atoms with van der Waals surface area (Å²) in [6.45, 7) is 3.90. The molecule has 1 aliphatic heterocycles. The van der Waals surface area contributed by atoms with Gasteiger partial charge in [0.1, 0.15) is 11.4 Å². The van der Waals surface area contributed by atoms with Crippen molar-refractivity contribution in [1.29, 1.82) is 0 Å². The number of nitrogens with one attached hydrogen (secondary N) is 1. The molecule has 0 radical (unpaired) electrons. The molecule has 1 aromatic rings. The number of aromatic nitrogens is 1. The van der Waals surface area contributed by atoms with Crippen molar-refractivity contribution in [1.82, 2.24) is 10.3 Å². The van der Waals surface area contributed by atoms with Gasteiger partial charge in [0.05, 0.1) is 4.47 Å². The Bertz CT molecular complexity index is 312. The Morgan fingerprint density at radius 1 is 1.62 bits per heavy atom. The van der Waals surface area contributed by atoms with E-state index in [0.717, 1.165) is 23.3 Å². The highest BCUT2D eigenvalue weighted by atomic mass is 79.9. The molecule has 0 bridgehead atoms. The van der Waals surface area contributed by atoms with Gasteiger partial charge in [0.2, 0.25) is 0 Å². The van der Waals surface area contributed by atoms with Gasteiger partial charge in [-0.3, -0.25) is 4.98 Å². The summed E-state index contributed by atoms with van der Waals surface area (Å²) in [4.78, 5) is 3.98. The zero-order valence-corrected chi connectivity index (χ0v) is 8.97. The van der Waals surface area contributed by atoms with Crippen LogP contribution < -0.4 is 10.1 Å². The number of halogens is 1. The zero-order chi connectivity index (χ0) is 9.31. The van der Waals surface area contributed by atoms with Gasteiger partial charge >= 0.3 is 0 Å². The van der Waals surface area contributed by atoms with Gasteiger partial charge in [0.25, 0.3) is 0 Å². The number of ether oxygens (including phenoxy) is 1. The first-order valence-corrected chi connectivity index (χ1v) is 4.98. The van der Waals surface area contributed by atoms with Gasteiger partial charge in [-0.15, -0.1) is 0 Å². The van der Waals surface area contributed by atoms with Gasteiger partial charge in [0, 0.05) is 25.5 Å². The molecule has 4 heteroatoms. The summed E-state index contributed by atoms with van der Waals surface area (Å²) in [5.74, 6) is 0.860. The monoisotopic (exact) mass is 242 g/mol. The molecule has 1 aliphatic rings. The van der Waals surface area contributed by atoms with Crippen LogP contribution in [-0.2, 0) is 0 Å². The van der Waals surface area contributed by atoms with E-state index in [1.165, 1.54) is 0 Å². The lowest BCUT2D eigenvalue weighted by molar-refractivity contribution is 0.0340. The molecule has 0 aromatic carbocycles. The third kappa shape index (κ3) is 1.84. The van der Waals surface area contributed by atoms with Crippen LogP contribution >= 0.6 is 15.9 Å². The average molecular weight is 243 g/mol. The summed E-state index contributed by atoms with van der Waals surface area (Å²) in [7, 11) is 0. The average Bonchev–Trinajstić information content (AvgIpc) is 2.06. The number of hydrogen-bond donors (Lipinski definition) is 1. The number of hydrogen-bond acceptors (Lipinski definition) is 3. The minimum atomic E-state index is -0.0517. The number of nitrogens with zero attached hydrogens (tertiary/aromatic N) is 1. The van der Waals surface area contributed by atoms with E-state index >= 15 is 0 Å². The number of rotatable bonds is 2. The Labute approximate surface area is 85.6 Å². The first kappa shape index (κ1) is 8.97. The molecule has 70 valence electrons. The van der Waals surface area contributed by atoms with Crippen LogP contribution in [0.3, 0.4) is 0 Å². The normalized spacial score (nSPS) is 19.2. The predicted molar refractivity (Wildman–Crippen MR) is 53.8 cm³/mol. The van der Waals surface area contributed by atoms with Gasteiger partial charge in [-0.05, 0) is 28.9 Å². The highest BCUT2D eigenvalue weighted by molar-refractivity contribution is 9.10. The van der Waals surface area contributed by atoms with Crippen LogP contribution in [0.4, 0.5) is 0 Å². The second kappa shape index (κ2) is 3.27. The highest BCUT2D eigenvalue weighted by Gasteiger charge is 2.34. The fourth-order valence-corrected chi connectivity index (χ4v) is 1.59. The highest BCUT2D eigenvalue weighted by Crippen LogP contribution is 2.28. The van der Waals surface area contributed by atoms with Crippen molar-refractivity contribution < 1.29 is 4.74 Å². The lowest BCUT2D eigenvalue weighted by atomic mass is 10.00. The van der Waals surface area contributed by atoms with Crippen molar-refractivity contribution in [3.05, 3.63) is 22.9 Å². The molecule has 1 saturated heterocycles. The van der Waals surface area contributed by atoms with Crippen LogP contribution in [0, 0.1) is 0 Å². The minimum absolute atomic E-state index is 0.0517. The van der Waals surface area contributed by atoms with Crippen LogP contribution in [0.1, 0.15) is 6.92 Å². The van der Waals surface area contributed by atoms with E-state index in [9.17, 15) is 0 Å². The van der Waals surface area contributed by atoms with Gasteiger partial charge in [0.15, 0.2) is 0 Å². The third-order valence-electron chi connectivity index (χ3n) is 2.09. The van der Waals surface area contributed by atoms with E-state index in [1.54, 1.807) is 12.4 Å². The molecule has 1 N–H and O–H groups in total.